The Labute approximate surface area is 136 Å². The zero-order valence-electron chi connectivity index (χ0n) is 13.2. The summed E-state index contributed by atoms with van der Waals surface area (Å²) in [5, 5.41) is 4.95. The van der Waals surface area contributed by atoms with Crippen molar-refractivity contribution in [1.82, 2.24) is 5.32 Å². The normalized spacial score (nSPS) is 37.2. The van der Waals surface area contributed by atoms with Crippen molar-refractivity contribution in [3.8, 4) is 0 Å². The van der Waals surface area contributed by atoms with E-state index in [9.17, 15) is 4.79 Å². The molecule has 1 heterocycles. The fraction of sp³-hybridized carbons (Fsp3) is 0.722. The molecule has 0 radical (unpaired) electrons. The molecule has 1 atom stereocenters. The van der Waals surface area contributed by atoms with Gasteiger partial charge < -0.3 is 10.1 Å². The van der Waals surface area contributed by atoms with Gasteiger partial charge in [0.15, 0.2) is 0 Å². The second-order valence-electron chi connectivity index (χ2n) is 7.72. The van der Waals surface area contributed by atoms with Gasteiger partial charge in [-0.1, -0.05) is 6.07 Å². The van der Waals surface area contributed by atoms with Crippen molar-refractivity contribution < 1.29 is 9.53 Å². The average molecular weight is 319 g/mol. The van der Waals surface area contributed by atoms with Crippen molar-refractivity contribution in [2.45, 2.75) is 57.2 Å². The predicted octanol–water partition coefficient (Wildman–Crippen LogP) is 3.85. The van der Waals surface area contributed by atoms with Gasteiger partial charge in [-0.3, -0.25) is 4.79 Å². The summed E-state index contributed by atoms with van der Waals surface area (Å²) < 4.78 is 6.51. The summed E-state index contributed by atoms with van der Waals surface area (Å²) in [6.07, 6.45) is 8.16. The van der Waals surface area contributed by atoms with Crippen LogP contribution < -0.4 is 5.32 Å². The molecule has 4 heteroatoms. The molecule has 0 spiro atoms. The van der Waals surface area contributed by atoms with Crippen LogP contribution in [0.3, 0.4) is 0 Å². The Balaban J connectivity index is 1.32. The molecule has 4 bridgehead atoms. The molecule has 22 heavy (non-hydrogen) atoms. The number of ether oxygens (including phenoxy) is 1. The highest BCUT2D eigenvalue weighted by Gasteiger charge is 2.52. The van der Waals surface area contributed by atoms with Crippen molar-refractivity contribution in [3.05, 3.63) is 22.4 Å². The van der Waals surface area contributed by atoms with Crippen LogP contribution in [0.4, 0.5) is 0 Å². The van der Waals surface area contributed by atoms with Gasteiger partial charge in [0.2, 0.25) is 0 Å². The Morgan fingerprint density at radius 1 is 1.32 bits per heavy atom. The van der Waals surface area contributed by atoms with Gasteiger partial charge in [-0.2, -0.15) is 0 Å². The van der Waals surface area contributed by atoms with Gasteiger partial charge >= 0.3 is 0 Å². The summed E-state index contributed by atoms with van der Waals surface area (Å²) in [5.41, 5.74) is 0.127. The quantitative estimate of drug-likeness (QED) is 0.895. The molecule has 0 aromatic carbocycles. The standard InChI is InChI=1S/C18H25NO2S/c1-12(11-19-17(20)16-3-2-4-22-16)21-18-8-13-5-14(9-18)7-15(6-13)10-18/h2-4,12-15H,5-11H2,1H3,(H,19,20). The summed E-state index contributed by atoms with van der Waals surface area (Å²) in [4.78, 5) is 12.8. The van der Waals surface area contributed by atoms with E-state index in [1.54, 1.807) is 0 Å². The van der Waals surface area contributed by atoms with Crippen molar-refractivity contribution in [2.75, 3.05) is 6.54 Å². The highest BCUT2D eigenvalue weighted by molar-refractivity contribution is 7.12. The van der Waals surface area contributed by atoms with Gasteiger partial charge in [-0.25, -0.2) is 0 Å². The zero-order chi connectivity index (χ0) is 15.2. The number of thiophene rings is 1. The van der Waals surface area contributed by atoms with Gasteiger partial charge in [0.25, 0.3) is 5.91 Å². The molecule has 4 saturated carbocycles. The molecule has 4 aliphatic rings. The van der Waals surface area contributed by atoms with Gasteiger partial charge in [0.1, 0.15) is 0 Å². The Hall–Kier alpha value is -0.870. The fourth-order valence-corrected chi connectivity index (χ4v) is 6.02. The monoisotopic (exact) mass is 319 g/mol. The molecule has 1 amide bonds. The lowest BCUT2D eigenvalue weighted by Crippen LogP contribution is -2.53. The van der Waals surface area contributed by atoms with Crippen LogP contribution in [0.15, 0.2) is 17.5 Å². The molecule has 1 N–H and O–H groups in total. The maximum Gasteiger partial charge on any atom is 0.261 e. The van der Waals surface area contributed by atoms with Crippen molar-refractivity contribution in [2.24, 2.45) is 17.8 Å². The maximum atomic E-state index is 12.0. The van der Waals surface area contributed by atoms with Crippen LogP contribution in [0, 0.1) is 17.8 Å². The smallest absolute Gasteiger partial charge is 0.261 e. The summed E-state index contributed by atoms with van der Waals surface area (Å²) >= 11 is 1.48. The van der Waals surface area contributed by atoms with Gasteiger partial charge in [-0.05, 0) is 74.6 Å². The first-order valence-corrected chi connectivity index (χ1v) is 9.49. The zero-order valence-corrected chi connectivity index (χ0v) is 14.0. The first-order chi connectivity index (χ1) is 10.6. The summed E-state index contributed by atoms with van der Waals surface area (Å²) in [6.45, 7) is 2.71. The van der Waals surface area contributed by atoms with Crippen LogP contribution in [0.5, 0.6) is 0 Å². The van der Waals surface area contributed by atoms with E-state index in [2.05, 4.69) is 12.2 Å². The minimum atomic E-state index is 0.0240. The highest BCUT2D eigenvalue weighted by Crippen LogP contribution is 2.57. The molecule has 120 valence electrons. The third-order valence-corrected chi connectivity index (χ3v) is 6.60. The van der Waals surface area contributed by atoms with Crippen LogP contribution in [0.1, 0.15) is 55.1 Å². The average Bonchev–Trinajstić information content (AvgIpc) is 2.97. The Morgan fingerprint density at radius 2 is 1.95 bits per heavy atom. The van der Waals surface area contributed by atoms with Gasteiger partial charge in [0, 0.05) is 6.54 Å². The molecule has 0 aliphatic heterocycles. The number of hydrogen-bond donors (Lipinski definition) is 1. The molecule has 3 nitrogen and oxygen atoms in total. The summed E-state index contributed by atoms with van der Waals surface area (Å²) in [6, 6.07) is 3.78. The number of carbonyl (C=O) groups is 1. The van der Waals surface area contributed by atoms with E-state index < -0.39 is 0 Å². The Morgan fingerprint density at radius 3 is 2.50 bits per heavy atom. The molecular formula is C18H25NO2S. The minimum absolute atomic E-state index is 0.0240. The van der Waals surface area contributed by atoms with E-state index in [0.29, 0.717) is 6.54 Å². The fourth-order valence-electron chi connectivity index (χ4n) is 5.38. The SMILES string of the molecule is CC(CNC(=O)c1cccs1)OC12CC3CC(CC(C3)C1)C2. The third kappa shape index (κ3) is 2.83. The van der Waals surface area contributed by atoms with Crippen LogP contribution in [-0.2, 0) is 4.74 Å². The molecule has 5 rings (SSSR count). The Bertz CT molecular complexity index is 504. The van der Waals surface area contributed by atoms with E-state index >= 15 is 0 Å². The number of nitrogens with one attached hydrogen (secondary N) is 1. The lowest BCUT2D eigenvalue weighted by Gasteiger charge is -2.57. The number of amides is 1. The lowest BCUT2D eigenvalue weighted by atomic mass is 9.54. The second kappa shape index (κ2) is 5.64. The van der Waals surface area contributed by atoms with E-state index in [0.717, 1.165) is 22.6 Å². The van der Waals surface area contributed by atoms with Crippen LogP contribution in [-0.4, -0.2) is 24.2 Å². The van der Waals surface area contributed by atoms with E-state index in [1.807, 2.05) is 17.5 Å². The first kappa shape index (κ1) is 14.7. The number of carbonyl (C=O) groups excluding carboxylic acids is 1. The second-order valence-corrected chi connectivity index (χ2v) is 8.66. The molecule has 1 aromatic rings. The molecule has 4 aliphatic carbocycles. The molecular weight excluding hydrogens is 294 g/mol. The van der Waals surface area contributed by atoms with Crippen molar-refractivity contribution >= 4 is 17.2 Å². The first-order valence-electron chi connectivity index (χ1n) is 8.61. The molecule has 1 aromatic heterocycles. The van der Waals surface area contributed by atoms with E-state index in [4.69, 9.17) is 4.74 Å². The van der Waals surface area contributed by atoms with E-state index in [1.165, 1.54) is 49.9 Å². The summed E-state index contributed by atoms with van der Waals surface area (Å²) in [7, 11) is 0. The number of hydrogen-bond acceptors (Lipinski definition) is 3. The van der Waals surface area contributed by atoms with Gasteiger partial charge in [0.05, 0.1) is 16.6 Å². The topological polar surface area (TPSA) is 38.3 Å². The Kier molecular flexibility index (Phi) is 3.77. The largest absolute Gasteiger partial charge is 0.370 e. The molecule has 0 saturated heterocycles. The van der Waals surface area contributed by atoms with Crippen LogP contribution in [0.25, 0.3) is 0 Å². The molecule has 4 fully saturated rings. The van der Waals surface area contributed by atoms with Gasteiger partial charge in [-0.15, -0.1) is 11.3 Å². The summed E-state index contributed by atoms with van der Waals surface area (Å²) in [5.74, 6) is 2.73. The third-order valence-electron chi connectivity index (χ3n) is 5.73. The predicted molar refractivity (Wildman–Crippen MR) is 88.1 cm³/mol. The maximum absolute atomic E-state index is 12.0. The lowest BCUT2D eigenvalue weighted by molar-refractivity contribution is -0.182. The minimum Gasteiger partial charge on any atom is -0.370 e. The molecule has 1 unspecified atom stereocenters. The van der Waals surface area contributed by atoms with Crippen molar-refractivity contribution in [3.63, 3.8) is 0 Å². The van der Waals surface area contributed by atoms with Crippen LogP contribution in [0.2, 0.25) is 0 Å². The highest BCUT2D eigenvalue weighted by atomic mass is 32.1. The van der Waals surface area contributed by atoms with Crippen LogP contribution >= 0.6 is 11.3 Å². The van der Waals surface area contributed by atoms with Crippen molar-refractivity contribution in [1.29, 1.82) is 0 Å². The number of rotatable bonds is 5. The van der Waals surface area contributed by atoms with E-state index in [-0.39, 0.29) is 17.6 Å².